The van der Waals surface area contributed by atoms with Crippen LogP contribution in [-0.2, 0) is 10.0 Å². The number of rotatable bonds is 3. The van der Waals surface area contributed by atoms with Crippen LogP contribution in [0.25, 0.3) is 0 Å². The minimum atomic E-state index is -3.21. The third-order valence-corrected chi connectivity index (χ3v) is 5.76. The van der Waals surface area contributed by atoms with Gasteiger partial charge in [-0.3, -0.25) is 9.10 Å². The van der Waals surface area contributed by atoms with Crippen molar-refractivity contribution in [1.29, 1.82) is 0 Å². The number of amides is 1. The number of carbonyl (C=O) groups excluding carboxylic acids is 1. The molecule has 6 nitrogen and oxygen atoms in total. The third kappa shape index (κ3) is 3.03. The molecule has 2 heterocycles. The average Bonchev–Trinajstić information content (AvgIpc) is 3.08. The molecule has 0 spiro atoms. The minimum Gasteiger partial charge on any atom is -0.348 e. The summed E-state index contributed by atoms with van der Waals surface area (Å²) < 4.78 is 25.3. The Kier molecular flexibility index (Phi) is 3.86. The molecule has 114 valence electrons. The van der Waals surface area contributed by atoms with Crippen molar-refractivity contribution >= 4 is 21.6 Å². The van der Waals surface area contributed by atoms with Crippen molar-refractivity contribution in [3.8, 4) is 0 Å². The molecule has 2 N–H and O–H groups in total. The fourth-order valence-electron chi connectivity index (χ4n) is 2.78. The van der Waals surface area contributed by atoms with Gasteiger partial charge in [-0.05, 0) is 37.6 Å². The smallest absolute Gasteiger partial charge is 0.251 e. The number of carbonyl (C=O) groups is 1. The first-order valence-corrected chi connectivity index (χ1v) is 8.79. The summed E-state index contributed by atoms with van der Waals surface area (Å²) >= 11 is 0. The second kappa shape index (κ2) is 5.65. The van der Waals surface area contributed by atoms with Gasteiger partial charge in [-0.15, -0.1) is 0 Å². The van der Waals surface area contributed by atoms with E-state index >= 15 is 0 Å². The number of hydrogen-bond donors (Lipinski definition) is 2. The number of anilines is 1. The summed E-state index contributed by atoms with van der Waals surface area (Å²) in [5, 5.41) is 6.16. The Balaban J connectivity index is 1.78. The molecule has 2 saturated heterocycles. The molecule has 1 amide bonds. The van der Waals surface area contributed by atoms with Crippen LogP contribution in [0.15, 0.2) is 24.3 Å². The van der Waals surface area contributed by atoms with Gasteiger partial charge in [0.1, 0.15) is 0 Å². The molecule has 1 aromatic carbocycles. The SMILES string of the molecule is O=C(NC1CCNC1)c1cccc(N2CCCS2(=O)=O)c1. The van der Waals surface area contributed by atoms with Gasteiger partial charge in [0.15, 0.2) is 0 Å². The normalized spacial score (nSPS) is 24.2. The lowest BCUT2D eigenvalue weighted by Gasteiger charge is -2.18. The Morgan fingerprint density at radius 3 is 2.90 bits per heavy atom. The van der Waals surface area contributed by atoms with Crippen LogP contribution in [-0.4, -0.2) is 45.8 Å². The lowest BCUT2D eigenvalue weighted by Crippen LogP contribution is -2.36. The average molecular weight is 309 g/mol. The van der Waals surface area contributed by atoms with Crippen molar-refractivity contribution in [3.05, 3.63) is 29.8 Å². The molecule has 2 aliphatic rings. The van der Waals surface area contributed by atoms with Crippen LogP contribution in [0, 0.1) is 0 Å². The van der Waals surface area contributed by atoms with E-state index in [1.165, 1.54) is 4.31 Å². The van der Waals surface area contributed by atoms with E-state index in [-0.39, 0.29) is 17.7 Å². The van der Waals surface area contributed by atoms with Gasteiger partial charge in [-0.25, -0.2) is 8.42 Å². The Hall–Kier alpha value is -1.60. The minimum absolute atomic E-state index is 0.150. The van der Waals surface area contributed by atoms with Gasteiger partial charge >= 0.3 is 0 Å². The first-order valence-electron chi connectivity index (χ1n) is 7.18. The van der Waals surface area contributed by atoms with E-state index in [4.69, 9.17) is 0 Å². The van der Waals surface area contributed by atoms with E-state index in [0.717, 1.165) is 19.5 Å². The van der Waals surface area contributed by atoms with E-state index < -0.39 is 10.0 Å². The number of sulfonamides is 1. The first kappa shape index (κ1) is 14.3. The molecule has 2 fully saturated rings. The highest BCUT2D eigenvalue weighted by molar-refractivity contribution is 7.93. The predicted octanol–water partition coefficient (Wildman–Crippen LogP) is 0.318. The molecular formula is C14H19N3O3S. The quantitative estimate of drug-likeness (QED) is 0.843. The zero-order chi connectivity index (χ0) is 14.9. The fourth-order valence-corrected chi connectivity index (χ4v) is 4.33. The summed E-state index contributed by atoms with van der Waals surface area (Å²) in [5.74, 6) is 0.0270. The maximum Gasteiger partial charge on any atom is 0.251 e. The predicted molar refractivity (Wildman–Crippen MR) is 80.9 cm³/mol. The Labute approximate surface area is 124 Å². The Morgan fingerprint density at radius 2 is 2.24 bits per heavy atom. The molecule has 0 bridgehead atoms. The van der Waals surface area contributed by atoms with Gasteiger partial charge in [0, 0.05) is 24.7 Å². The second-order valence-corrected chi connectivity index (χ2v) is 7.47. The standard InChI is InChI=1S/C14H19N3O3S/c18-14(16-12-5-6-15-10-12)11-3-1-4-13(9-11)17-7-2-8-21(17,19)20/h1,3-4,9,12,15H,2,5-8,10H2,(H,16,18). The van der Waals surface area contributed by atoms with Crippen molar-refractivity contribution in [2.45, 2.75) is 18.9 Å². The summed E-state index contributed by atoms with van der Waals surface area (Å²) in [6.07, 6.45) is 1.55. The molecule has 21 heavy (non-hydrogen) atoms. The van der Waals surface area contributed by atoms with E-state index in [1.807, 2.05) is 0 Å². The number of benzene rings is 1. The van der Waals surface area contributed by atoms with Gasteiger partial charge in [0.25, 0.3) is 5.91 Å². The van der Waals surface area contributed by atoms with Crippen LogP contribution in [0.4, 0.5) is 5.69 Å². The summed E-state index contributed by atoms with van der Waals surface area (Å²) in [5.41, 5.74) is 1.08. The van der Waals surface area contributed by atoms with Gasteiger partial charge < -0.3 is 10.6 Å². The van der Waals surface area contributed by atoms with Crippen molar-refractivity contribution in [2.75, 3.05) is 29.7 Å². The fraction of sp³-hybridized carbons (Fsp3) is 0.500. The van der Waals surface area contributed by atoms with Crippen LogP contribution in [0.1, 0.15) is 23.2 Å². The van der Waals surface area contributed by atoms with Gasteiger partial charge in [0.2, 0.25) is 10.0 Å². The van der Waals surface area contributed by atoms with E-state index in [9.17, 15) is 13.2 Å². The molecular weight excluding hydrogens is 290 g/mol. The molecule has 0 saturated carbocycles. The molecule has 2 aliphatic heterocycles. The van der Waals surface area contributed by atoms with Crippen molar-refractivity contribution in [1.82, 2.24) is 10.6 Å². The molecule has 1 unspecified atom stereocenters. The highest BCUT2D eigenvalue weighted by Crippen LogP contribution is 2.24. The summed E-state index contributed by atoms with van der Waals surface area (Å²) in [6, 6.07) is 6.98. The van der Waals surface area contributed by atoms with E-state index in [1.54, 1.807) is 24.3 Å². The molecule has 1 atom stereocenters. The van der Waals surface area contributed by atoms with Gasteiger partial charge in [-0.1, -0.05) is 6.07 Å². The highest BCUT2D eigenvalue weighted by Gasteiger charge is 2.28. The van der Waals surface area contributed by atoms with Crippen molar-refractivity contribution in [3.63, 3.8) is 0 Å². The molecule has 0 radical (unpaired) electrons. The zero-order valence-corrected chi connectivity index (χ0v) is 12.5. The van der Waals surface area contributed by atoms with Crippen LogP contribution < -0.4 is 14.9 Å². The van der Waals surface area contributed by atoms with Crippen LogP contribution in [0.2, 0.25) is 0 Å². The number of nitrogens with zero attached hydrogens (tertiary/aromatic N) is 1. The highest BCUT2D eigenvalue weighted by atomic mass is 32.2. The van der Waals surface area contributed by atoms with Gasteiger partial charge in [0.05, 0.1) is 11.4 Å². The van der Waals surface area contributed by atoms with Crippen LogP contribution in [0.5, 0.6) is 0 Å². The summed E-state index contributed by atoms with van der Waals surface area (Å²) in [6.45, 7) is 2.18. The molecule has 0 aromatic heterocycles. The Bertz CT molecular complexity index is 639. The lowest BCUT2D eigenvalue weighted by molar-refractivity contribution is 0.0940. The maximum atomic E-state index is 12.2. The largest absolute Gasteiger partial charge is 0.348 e. The molecule has 7 heteroatoms. The first-order chi connectivity index (χ1) is 10.1. The van der Waals surface area contributed by atoms with Crippen molar-refractivity contribution in [2.24, 2.45) is 0 Å². The van der Waals surface area contributed by atoms with E-state index in [2.05, 4.69) is 10.6 Å². The topological polar surface area (TPSA) is 78.5 Å². The Morgan fingerprint density at radius 1 is 1.38 bits per heavy atom. The monoisotopic (exact) mass is 309 g/mol. The summed E-state index contributed by atoms with van der Waals surface area (Å²) in [7, 11) is -3.21. The van der Waals surface area contributed by atoms with Crippen LogP contribution >= 0.6 is 0 Å². The molecule has 3 rings (SSSR count). The number of hydrogen-bond acceptors (Lipinski definition) is 4. The molecule has 1 aromatic rings. The third-order valence-electron chi connectivity index (χ3n) is 3.89. The molecule has 0 aliphatic carbocycles. The second-order valence-electron chi connectivity index (χ2n) is 5.46. The maximum absolute atomic E-state index is 12.2. The lowest BCUT2D eigenvalue weighted by atomic mass is 10.1. The van der Waals surface area contributed by atoms with Crippen molar-refractivity contribution < 1.29 is 13.2 Å². The van der Waals surface area contributed by atoms with Crippen LogP contribution in [0.3, 0.4) is 0 Å². The zero-order valence-electron chi connectivity index (χ0n) is 11.7. The summed E-state index contributed by atoms with van der Waals surface area (Å²) in [4.78, 5) is 12.2. The van der Waals surface area contributed by atoms with E-state index in [0.29, 0.717) is 24.2 Å². The van der Waals surface area contributed by atoms with Gasteiger partial charge in [-0.2, -0.15) is 0 Å². The number of nitrogens with one attached hydrogen (secondary N) is 2.